The molecular formula is C22H21F3N4O2S. The number of carbonyl (C=O) groups excluding carboxylic acids is 2. The van der Waals surface area contributed by atoms with E-state index in [0.717, 1.165) is 16.3 Å². The van der Waals surface area contributed by atoms with Crippen LogP contribution in [0, 0.1) is 0 Å². The number of carbonyl (C=O) groups is 2. The molecule has 2 N–H and O–H groups in total. The molecule has 10 heteroatoms. The van der Waals surface area contributed by atoms with Crippen molar-refractivity contribution >= 4 is 29.3 Å². The molecule has 0 spiro atoms. The van der Waals surface area contributed by atoms with Gasteiger partial charge in [0.2, 0.25) is 5.91 Å². The number of nitrogens with one attached hydrogen (secondary N) is 2. The first-order valence-corrected chi connectivity index (χ1v) is 10.7. The molecule has 1 heterocycles. The van der Waals surface area contributed by atoms with E-state index in [1.54, 1.807) is 55.5 Å². The van der Waals surface area contributed by atoms with E-state index in [0.29, 0.717) is 29.1 Å². The number of halogens is 3. The Morgan fingerprint density at radius 1 is 1.09 bits per heavy atom. The van der Waals surface area contributed by atoms with E-state index < -0.39 is 18.6 Å². The fourth-order valence-electron chi connectivity index (χ4n) is 2.97. The van der Waals surface area contributed by atoms with Gasteiger partial charge in [0, 0.05) is 17.8 Å². The number of alkyl halides is 3. The van der Waals surface area contributed by atoms with Crippen molar-refractivity contribution in [3.8, 4) is 11.3 Å². The predicted octanol–water partition coefficient (Wildman–Crippen LogP) is 4.59. The van der Waals surface area contributed by atoms with Crippen molar-refractivity contribution in [1.82, 2.24) is 14.9 Å². The standard InChI is InChI=1S/C22H21F3N4O2S/c1-2-26-20(31)16-9-6-10-17(11-16)28-19(30)13-32-21-27-12-18(15-7-4-3-5-8-15)29(21)14-22(23,24)25/h3-12H,2,13-14H2,1H3,(H,26,31)(H,28,30). The summed E-state index contributed by atoms with van der Waals surface area (Å²) >= 11 is 0.910. The highest BCUT2D eigenvalue weighted by molar-refractivity contribution is 7.99. The van der Waals surface area contributed by atoms with Gasteiger partial charge >= 0.3 is 6.18 Å². The van der Waals surface area contributed by atoms with Crippen molar-refractivity contribution in [1.29, 1.82) is 0 Å². The van der Waals surface area contributed by atoms with Gasteiger partial charge in [-0.3, -0.25) is 9.59 Å². The predicted molar refractivity (Wildman–Crippen MR) is 118 cm³/mol. The Kier molecular flexibility index (Phi) is 7.57. The summed E-state index contributed by atoms with van der Waals surface area (Å²) in [6.45, 7) is 1.06. The second-order valence-electron chi connectivity index (χ2n) is 6.77. The van der Waals surface area contributed by atoms with Crippen molar-refractivity contribution in [2.24, 2.45) is 0 Å². The minimum atomic E-state index is -4.44. The van der Waals surface area contributed by atoms with Crippen LogP contribution in [0.25, 0.3) is 11.3 Å². The molecule has 0 atom stereocenters. The van der Waals surface area contributed by atoms with Crippen molar-refractivity contribution in [2.45, 2.75) is 24.8 Å². The van der Waals surface area contributed by atoms with Crippen LogP contribution in [0.2, 0.25) is 0 Å². The van der Waals surface area contributed by atoms with Crippen LogP contribution < -0.4 is 10.6 Å². The summed E-state index contributed by atoms with van der Waals surface area (Å²) in [4.78, 5) is 28.4. The molecule has 2 amide bonds. The van der Waals surface area contributed by atoms with Gasteiger partial charge in [0.05, 0.1) is 17.6 Å². The summed E-state index contributed by atoms with van der Waals surface area (Å²) < 4.78 is 40.6. The largest absolute Gasteiger partial charge is 0.406 e. The molecule has 6 nitrogen and oxygen atoms in total. The molecule has 3 rings (SSSR count). The zero-order chi connectivity index (χ0) is 23.1. The maximum Gasteiger partial charge on any atom is 0.406 e. The highest BCUT2D eigenvalue weighted by atomic mass is 32.2. The van der Waals surface area contributed by atoms with Gasteiger partial charge in [-0.1, -0.05) is 48.2 Å². The molecule has 0 radical (unpaired) electrons. The smallest absolute Gasteiger partial charge is 0.352 e. The number of nitrogens with zero attached hydrogens (tertiary/aromatic N) is 2. The molecule has 3 aromatic rings. The highest BCUT2D eigenvalue weighted by Gasteiger charge is 2.31. The minimum absolute atomic E-state index is 0.0902. The first-order valence-electron chi connectivity index (χ1n) is 9.75. The summed E-state index contributed by atoms with van der Waals surface area (Å²) in [5, 5.41) is 5.42. The van der Waals surface area contributed by atoms with Crippen molar-refractivity contribution in [3.63, 3.8) is 0 Å². The monoisotopic (exact) mass is 462 g/mol. The third kappa shape index (κ3) is 6.36. The van der Waals surface area contributed by atoms with Crippen LogP contribution in [0.15, 0.2) is 66.0 Å². The van der Waals surface area contributed by atoms with Gasteiger partial charge in [-0.2, -0.15) is 13.2 Å². The lowest BCUT2D eigenvalue weighted by Gasteiger charge is -2.14. The molecule has 2 aromatic carbocycles. The molecule has 0 bridgehead atoms. The Bertz CT molecular complexity index is 1080. The van der Waals surface area contributed by atoms with E-state index in [2.05, 4.69) is 15.6 Å². The number of imidazole rings is 1. The first kappa shape index (κ1) is 23.4. The zero-order valence-corrected chi connectivity index (χ0v) is 18.0. The summed E-state index contributed by atoms with van der Waals surface area (Å²) in [5.74, 6) is -0.833. The van der Waals surface area contributed by atoms with E-state index in [1.807, 2.05) is 0 Å². The second kappa shape index (κ2) is 10.4. The fraction of sp³-hybridized carbons (Fsp3) is 0.227. The molecule has 0 saturated carbocycles. The molecule has 0 aliphatic rings. The number of thioether (sulfide) groups is 1. The quantitative estimate of drug-likeness (QED) is 0.480. The Hall–Kier alpha value is -3.27. The lowest BCUT2D eigenvalue weighted by atomic mass is 10.2. The number of anilines is 1. The normalized spacial score (nSPS) is 11.2. The molecule has 1 aromatic heterocycles. The summed E-state index contributed by atoms with van der Waals surface area (Å²) in [5.41, 5.74) is 1.73. The number of aromatic nitrogens is 2. The molecular weight excluding hydrogens is 441 g/mol. The molecule has 0 saturated heterocycles. The lowest BCUT2D eigenvalue weighted by molar-refractivity contribution is -0.141. The van der Waals surface area contributed by atoms with Crippen LogP contribution in [0.3, 0.4) is 0 Å². The average Bonchev–Trinajstić information content (AvgIpc) is 3.14. The number of hydrogen-bond donors (Lipinski definition) is 2. The SMILES string of the molecule is CCNC(=O)c1cccc(NC(=O)CSc2ncc(-c3ccccc3)n2CC(F)(F)F)c1. The Balaban J connectivity index is 1.71. The van der Waals surface area contributed by atoms with Crippen LogP contribution >= 0.6 is 11.8 Å². The number of hydrogen-bond acceptors (Lipinski definition) is 4. The minimum Gasteiger partial charge on any atom is -0.352 e. The first-order chi connectivity index (χ1) is 15.3. The van der Waals surface area contributed by atoms with Crippen LogP contribution in [0.4, 0.5) is 18.9 Å². The van der Waals surface area contributed by atoms with Crippen LogP contribution in [0.5, 0.6) is 0 Å². The summed E-state index contributed by atoms with van der Waals surface area (Å²) in [6.07, 6.45) is -3.07. The van der Waals surface area contributed by atoms with Gasteiger partial charge in [-0.25, -0.2) is 4.98 Å². The Labute approximate surface area is 187 Å². The number of rotatable bonds is 8. The van der Waals surface area contributed by atoms with E-state index in [4.69, 9.17) is 0 Å². The Morgan fingerprint density at radius 2 is 1.84 bits per heavy atom. The van der Waals surface area contributed by atoms with Crippen molar-refractivity contribution < 1.29 is 22.8 Å². The van der Waals surface area contributed by atoms with Crippen molar-refractivity contribution in [3.05, 3.63) is 66.4 Å². The topological polar surface area (TPSA) is 76.0 Å². The molecule has 0 aliphatic heterocycles. The maximum atomic E-state index is 13.2. The molecule has 168 valence electrons. The number of amides is 2. The summed E-state index contributed by atoms with van der Waals surface area (Å²) in [6, 6.07) is 15.1. The Morgan fingerprint density at radius 3 is 2.53 bits per heavy atom. The highest BCUT2D eigenvalue weighted by Crippen LogP contribution is 2.30. The fourth-order valence-corrected chi connectivity index (χ4v) is 3.75. The van der Waals surface area contributed by atoms with E-state index in [1.165, 1.54) is 12.3 Å². The maximum absolute atomic E-state index is 13.2. The zero-order valence-electron chi connectivity index (χ0n) is 17.1. The third-order valence-corrected chi connectivity index (χ3v) is 5.29. The molecule has 32 heavy (non-hydrogen) atoms. The van der Waals surface area contributed by atoms with Gasteiger partial charge < -0.3 is 15.2 Å². The van der Waals surface area contributed by atoms with Gasteiger partial charge in [-0.05, 0) is 30.7 Å². The van der Waals surface area contributed by atoms with Gasteiger partial charge in [0.1, 0.15) is 6.54 Å². The van der Waals surface area contributed by atoms with Crippen LogP contribution in [0.1, 0.15) is 17.3 Å². The van der Waals surface area contributed by atoms with E-state index in [-0.39, 0.29) is 16.8 Å². The average molecular weight is 462 g/mol. The molecule has 0 aliphatic carbocycles. The molecule has 0 unspecified atom stereocenters. The van der Waals surface area contributed by atoms with E-state index >= 15 is 0 Å². The van der Waals surface area contributed by atoms with Crippen LogP contribution in [-0.2, 0) is 11.3 Å². The van der Waals surface area contributed by atoms with Crippen LogP contribution in [-0.4, -0.2) is 39.8 Å². The summed E-state index contributed by atoms with van der Waals surface area (Å²) in [7, 11) is 0. The van der Waals surface area contributed by atoms with Gasteiger partial charge in [0.15, 0.2) is 5.16 Å². The van der Waals surface area contributed by atoms with E-state index in [9.17, 15) is 22.8 Å². The lowest BCUT2D eigenvalue weighted by Crippen LogP contribution is -2.23. The third-order valence-electron chi connectivity index (χ3n) is 4.30. The number of benzene rings is 2. The van der Waals surface area contributed by atoms with Crippen molar-refractivity contribution in [2.75, 3.05) is 17.6 Å². The van der Waals surface area contributed by atoms with Gasteiger partial charge in [0.25, 0.3) is 5.91 Å². The second-order valence-corrected chi connectivity index (χ2v) is 7.71. The van der Waals surface area contributed by atoms with Gasteiger partial charge in [-0.15, -0.1) is 0 Å². The molecule has 0 fully saturated rings.